The van der Waals surface area contributed by atoms with Gasteiger partial charge < -0.3 is 10.1 Å². The van der Waals surface area contributed by atoms with Crippen LogP contribution in [0.5, 0.6) is 5.75 Å². The number of carbonyl (C=O) groups excluding carboxylic acids is 1. The van der Waals surface area contributed by atoms with Crippen LogP contribution in [0.1, 0.15) is 43.0 Å². The fraction of sp³-hybridized carbons (Fsp3) is 0.562. The molecule has 1 aliphatic heterocycles. The molecule has 1 aromatic rings. The quantitative estimate of drug-likeness (QED) is 0.800. The SMILES string of the molecule is CCOc1ccccc1C(=O)CCC1CCCNC1. The summed E-state index contributed by atoms with van der Waals surface area (Å²) in [5, 5.41) is 3.39. The Labute approximate surface area is 115 Å². The van der Waals surface area contributed by atoms with E-state index in [1.807, 2.05) is 31.2 Å². The van der Waals surface area contributed by atoms with Gasteiger partial charge >= 0.3 is 0 Å². The highest BCUT2D eigenvalue weighted by molar-refractivity contribution is 5.98. The van der Waals surface area contributed by atoms with Crippen LogP contribution in [0.3, 0.4) is 0 Å². The molecule has 3 heteroatoms. The topological polar surface area (TPSA) is 38.3 Å². The standard InChI is InChI=1S/C16H23NO2/c1-2-19-16-8-4-3-7-14(16)15(18)10-9-13-6-5-11-17-12-13/h3-4,7-8,13,17H,2,5-6,9-12H2,1H3. The third-order valence-electron chi connectivity index (χ3n) is 3.67. The molecule has 1 heterocycles. The van der Waals surface area contributed by atoms with E-state index in [1.165, 1.54) is 12.8 Å². The predicted molar refractivity (Wildman–Crippen MR) is 76.8 cm³/mol. The first-order chi connectivity index (χ1) is 9.31. The highest BCUT2D eigenvalue weighted by Crippen LogP contribution is 2.22. The second-order valence-corrected chi connectivity index (χ2v) is 5.10. The number of hydrogen-bond donors (Lipinski definition) is 1. The van der Waals surface area contributed by atoms with Crippen molar-refractivity contribution in [3.8, 4) is 5.75 Å². The molecule has 3 nitrogen and oxygen atoms in total. The van der Waals surface area contributed by atoms with Crippen molar-refractivity contribution in [1.29, 1.82) is 0 Å². The van der Waals surface area contributed by atoms with Gasteiger partial charge in [0.15, 0.2) is 5.78 Å². The van der Waals surface area contributed by atoms with Gasteiger partial charge in [0.05, 0.1) is 12.2 Å². The molecule has 19 heavy (non-hydrogen) atoms. The molecule has 0 aromatic heterocycles. The maximum absolute atomic E-state index is 12.3. The Kier molecular flexibility index (Phi) is 5.40. The summed E-state index contributed by atoms with van der Waals surface area (Å²) in [5.41, 5.74) is 0.730. The van der Waals surface area contributed by atoms with Crippen molar-refractivity contribution in [1.82, 2.24) is 5.32 Å². The first-order valence-electron chi connectivity index (χ1n) is 7.27. The molecule has 0 saturated carbocycles. The molecule has 0 radical (unpaired) electrons. The predicted octanol–water partition coefficient (Wildman–Crippen LogP) is 3.05. The molecule has 1 aliphatic rings. The zero-order valence-corrected chi connectivity index (χ0v) is 11.7. The van der Waals surface area contributed by atoms with Crippen LogP contribution < -0.4 is 10.1 Å². The first kappa shape index (κ1) is 14.1. The number of benzene rings is 1. The van der Waals surface area contributed by atoms with Gasteiger partial charge in [0.1, 0.15) is 5.75 Å². The summed E-state index contributed by atoms with van der Waals surface area (Å²) in [4.78, 5) is 12.3. The van der Waals surface area contributed by atoms with Crippen molar-refractivity contribution in [2.24, 2.45) is 5.92 Å². The van der Waals surface area contributed by atoms with Gasteiger partial charge in [-0.2, -0.15) is 0 Å². The third-order valence-corrected chi connectivity index (χ3v) is 3.67. The Balaban J connectivity index is 1.91. The van der Waals surface area contributed by atoms with Crippen LogP contribution in [-0.2, 0) is 0 Å². The summed E-state index contributed by atoms with van der Waals surface area (Å²) < 4.78 is 5.52. The molecule has 1 saturated heterocycles. The molecule has 1 N–H and O–H groups in total. The van der Waals surface area contributed by atoms with Crippen molar-refractivity contribution in [2.75, 3.05) is 19.7 Å². The van der Waals surface area contributed by atoms with Crippen LogP contribution in [0.2, 0.25) is 0 Å². The number of Topliss-reactive ketones (excluding diaryl/α,β-unsaturated/α-hetero) is 1. The second kappa shape index (κ2) is 7.29. The maximum Gasteiger partial charge on any atom is 0.166 e. The van der Waals surface area contributed by atoms with Gasteiger partial charge in [0.25, 0.3) is 0 Å². The zero-order valence-electron chi connectivity index (χ0n) is 11.7. The van der Waals surface area contributed by atoms with Crippen LogP contribution in [0.4, 0.5) is 0 Å². The Morgan fingerprint density at radius 2 is 2.26 bits per heavy atom. The molecular weight excluding hydrogens is 238 g/mol. The third kappa shape index (κ3) is 4.06. The summed E-state index contributed by atoms with van der Waals surface area (Å²) in [7, 11) is 0. The van der Waals surface area contributed by atoms with Crippen LogP contribution >= 0.6 is 0 Å². The number of ether oxygens (including phenoxy) is 1. The normalized spacial score (nSPS) is 19.1. The van der Waals surface area contributed by atoms with E-state index in [2.05, 4.69) is 5.32 Å². The lowest BCUT2D eigenvalue weighted by atomic mass is 9.92. The van der Waals surface area contributed by atoms with Gasteiger partial charge in [-0.25, -0.2) is 0 Å². The minimum Gasteiger partial charge on any atom is -0.493 e. The van der Waals surface area contributed by atoms with Gasteiger partial charge in [-0.15, -0.1) is 0 Å². The molecule has 1 aromatic carbocycles. The van der Waals surface area contributed by atoms with E-state index in [4.69, 9.17) is 4.74 Å². The summed E-state index contributed by atoms with van der Waals surface area (Å²) in [6.07, 6.45) is 4.07. The fourth-order valence-corrected chi connectivity index (χ4v) is 2.62. The Morgan fingerprint density at radius 3 is 3.00 bits per heavy atom. The van der Waals surface area contributed by atoms with Crippen molar-refractivity contribution >= 4 is 5.78 Å². The van der Waals surface area contributed by atoms with Crippen molar-refractivity contribution < 1.29 is 9.53 Å². The minimum absolute atomic E-state index is 0.203. The minimum atomic E-state index is 0.203. The molecule has 104 valence electrons. The molecule has 1 unspecified atom stereocenters. The van der Waals surface area contributed by atoms with E-state index in [1.54, 1.807) is 0 Å². The number of nitrogens with one attached hydrogen (secondary N) is 1. The number of carbonyl (C=O) groups is 1. The summed E-state index contributed by atoms with van der Waals surface area (Å²) in [6.45, 7) is 4.71. The lowest BCUT2D eigenvalue weighted by Crippen LogP contribution is -2.30. The van der Waals surface area contributed by atoms with E-state index in [9.17, 15) is 4.79 Å². The van der Waals surface area contributed by atoms with Crippen molar-refractivity contribution in [2.45, 2.75) is 32.6 Å². The Morgan fingerprint density at radius 1 is 1.42 bits per heavy atom. The van der Waals surface area contributed by atoms with Gasteiger partial charge in [-0.1, -0.05) is 12.1 Å². The molecule has 0 bridgehead atoms. The summed E-state index contributed by atoms with van der Waals surface area (Å²) in [6, 6.07) is 7.55. The molecule has 1 fully saturated rings. The number of ketones is 1. The largest absolute Gasteiger partial charge is 0.493 e. The van der Waals surface area contributed by atoms with E-state index >= 15 is 0 Å². The van der Waals surface area contributed by atoms with Crippen molar-refractivity contribution in [3.05, 3.63) is 29.8 Å². The van der Waals surface area contributed by atoms with Crippen LogP contribution in [-0.4, -0.2) is 25.5 Å². The molecule has 2 rings (SSSR count). The number of piperidine rings is 1. The molecule has 0 amide bonds. The van der Waals surface area contributed by atoms with Gasteiger partial charge in [-0.3, -0.25) is 4.79 Å². The van der Waals surface area contributed by atoms with Crippen LogP contribution in [0.15, 0.2) is 24.3 Å². The average molecular weight is 261 g/mol. The lowest BCUT2D eigenvalue weighted by molar-refractivity contribution is 0.0967. The Bertz CT molecular complexity index is 411. The maximum atomic E-state index is 12.3. The zero-order chi connectivity index (χ0) is 13.5. The average Bonchev–Trinajstić information content (AvgIpc) is 2.47. The van der Waals surface area contributed by atoms with Gasteiger partial charge in [0.2, 0.25) is 0 Å². The number of para-hydroxylation sites is 1. The van der Waals surface area contributed by atoms with E-state index < -0.39 is 0 Å². The molecule has 0 spiro atoms. The Hall–Kier alpha value is -1.35. The molecule has 0 aliphatic carbocycles. The number of rotatable bonds is 6. The van der Waals surface area contributed by atoms with Gasteiger partial charge in [0, 0.05) is 6.42 Å². The lowest BCUT2D eigenvalue weighted by Gasteiger charge is -2.22. The number of hydrogen-bond acceptors (Lipinski definition) is 3. The van der Waals surface area contributed by atoms with Crippen molar-refractivity contribution in [3.63, 3.8) is 0 Å². The summed E-state index contributed by atoms with van der Waals surface area (Å²) >= 11 is 0. The monoisotopic (exact) mass is 261 g/mol. The van der Waals surface area contributed by atoms with E-state index in [-0.39, 0.29) is 5.78 Å². The van der Waals surface area contributed by atoms with Crippen LogP contribution in [0, 0.1) is 5.92 Å². The fourth-order valence-electron chi connectivity index (χ4n) is 2.62. The second-order valence-electron chi connectivity index (χ2n) is 5.10. The highest BCUT2D eigenvalue weighted by Gasteiger charge is 2.17. The first-order valence-corrected chi connectivity index (χ1v) is 7.27. The van der Waals surface area contributed by atoms with E-state index in [0.717, 1.165) is 30.8 Å². The highest BCUT2D eigenvalue weighted by atomic mass is 16.5. The summed E-state index contributed by atoms with van der Waals surface area (Å²) in [5.74, 6) is 1.57. The van der Waals surface area contributed by atoms with Crippen LogP contribution in [0.25, 0.3) is 0 Å². The van der Waals surface area contributed by atoms with E-state index in [0.29, 0.717) is 18.9 Å². The molecule has 1 atom stereocenters. The van der Waals surface area contributed by atoms with Gasteiger partial charge in [-0.05, 0) is 57.3 Å². The smallest absolute Gasteiger partial charge is 0.166 e. The molecular formula is C16H23NO2.